The highest BCUT2D eigenvalue weighted by molar-refractivity contribution is 7.63. The van der Waals surface area contributed by atoms with E-state index in [0.29, 0.717) is 5.30 Å². The molecule has 4 nitrogen and oxygen atoms in total. The Hall–Kier alpha value is -3.98. The van der Waals surface area contributed by atoms with Gasteiger partial charge in [-0.2, -0.15) is 0 Å². The zero-order valence-corrected chi connectivity index (χ0v) is 51.6. The maximum atomic E-state index is 13.2. The van der Waals surface area contributed by atoms with Gasteiger partial charge in [0.15, 0.2) is 0 Å². The Morgan fingerprint density at radius 3 is 0.892 bits per heavy atom. The van der Waals surface area contributed by atoms with E-state index in [-0.39, 0.29) is 43.3 Å². The minimum absolute atomic E-state index is 0.0607. The molecule has 0 spiro atoms. The van der Waals surface area contributed by atoms with Crippen molar-refractivity contribution < 1.29 is 19.0 Å². The van der Waals surface area contributed by atoms with Gasteiger partial charge < -0.3 is 14.7 Å². The van der Waals surface area contributed by atoms with Crippen LogP contribution in [0.2, 0.25) is 0 Å². The molecule has 1 atom stereocenters. The summed E-state index contributed by atoms with van der Waals surface area (Å²) in [5.41, 5.74) is 20.7. The largest absolute Gasteiger partial charge is 0.346 e. The molecule has 1 aliphatic carbocycles. The molecule has 0 fully saturated rings. The fourth-order valence-electron chi connectivity index (χ4n) is 11.0. The number of rotatable bonds is 7. The summed E-state index contributed by atoms with van der Waals surface area (Å²) in [7, 11) is -5.61. The van der Waals surface area contributed by atoms with Crippen LogP contribution in [0.4, 0.5) is 0 Å². The molecule has 0 aromatic heterocycles. The molecule has 0 saturated carbocycles. The van der Waals surface area contributed by atoms with Crippen LogP contribution in [0.5, 0.6) is 0 Å². The third kappa shape index (κ3) is 11.1. The van der Waals surface area contributed by atoms with E-state index < -0.39 is 17.0 Å². The standard InChI is InChI=1S/C68H90O4P2/c1-61(2,3)40-28-32-44(50(36-40)65(13,14)15)45-26-25-27-49-54(45)59-57(49)55(46-33-29-41(62(4,5)6)37-51(46)66(16,17)18)56(47-34-30-42(63(7,8)9)38-52(47)67(19,20)21)58(60(59)73(69)72-74(70)71)48-35-31-43(64(10,11)12)39-53(48)68(22,23)24/h25-39,69-71H,1-24H3. The third-order valence-corrected chi connectivity index (χ3v) is 17.3. The SMILES string of the molecule is CC(C)(C)c1ccc(-c2cccc3c2-c2c-3c(-c3ccc(C(C)(C)C)cc3C(C)(C)C)c(-c3ccc(C(C)(C)C)cc3C(C)(C)C)c(-c3ccc(C(C)(C)C)cc3C(C)(C)C)c2P(O)OP(O)O)c(C(C)(C)C)c1. The molecule has 396 valence electrons. The predicted octanol–water partition coefficient (Wildman–Crippen LogP) is 19.5. The Morgan fingerprint density at radius 1 is 0.284 bits per heavy atom. The molecule has 0 heterocycles. The first-order valence-electron chi connectivity index (χ1n) is 26.9. The van der Waals surface area contributed by atoms with Crippen LogP contribution < -0.4 is 5.30 Å². The van der Waals surface area contributed by atoms with Crippen LogP contribution in [-0.4, -0.2) is 14.7 Å². The van der Waals surface area contributed by atoms with Crippen molar-refractivity contribution >= 4 is 22.3 Å². The lowest BCUT2D eigenvalue weighted by Crippen LogP contribution is -2.25. The zero-order chi connectivity index (χ0) is 55.6. The van der Waals surface area contributed by atoms with Crippen molar-refractivity contribution in [3.8, 4) is 66.8 Å². The normalized spacial score (nSPS) is 14.3. The van der Waals surface area contributed by atoms with E-state index in [1.165, 1.54) is 38.9 Å². The van der Waals surface area contributed by atoms with Crippen LogP contribution in [0.1, 0.15) is 211 Å². The van der Waals surface area contributed by atoms with E-state index in [1.807, 2.05) is 0 Å². The summed E-state index contributed by atoms with van der Waals surface area (Å²) in [6.45, 7) is 55.0. The quantitative estimate of drug-likeness (QED) is 0.139. The van der Waals surface area contributed by atoms with Gasteiger partial charge in [-0.3, -0.25) is 4.31 Å². The highest BCUT2D eigenvalue weighted by atomic mass is 31.2. The van der Waals surface area contributed by atoms with Crippen molar-refractivity contribution in [2.24, 2.45) is 0 Å². The lowest BCUT2D eigenvalue weighted by molar-refractivity contribution is 0.372. The molecule has 7 rings (SSSR count). The molecule has 0 saturated heterocycles. The number of hydrogen-bond acceptors (Lipinski definition) is 4. The molecule has 3 N–H and O–H groups in total. The van der Waals surface area contributed by atoms with Gasteiger partial charge in [-0.05, 0) is 143 Å². The van der Waals surface area contributed by atoms with Gasteiger partial charge in [0, 0.05) is 16.4 Å². The summed E-state index contributed by atoms with van der Waals surface area (Å²) in [6.07, 6.45) is 0. The minimum Gasteiger partial charge on any atom is -0.346 e. The van der Waals surface area contributed by atoms with Crippen molar-refractivity contribution in [3.63, 3.8) is 0 Å². The Bertz CT molecular complexity index is 3130. The van der Waals surface area contributed by atoms with Gasteiger partial charge in [-0.1, -0.05) is 257 Å². The Balaban J connectivity index is 1.88. The summed E-state index contributed by atoms with van der Waals surface area (Å²) < 4.78 is 6.09. The minimum atomic E-state index is -2.96. The number of hydrogen-bond donors (Lipinski definition) is 3. The smallest absolute Gasteiger partial charge is 0.332 e. The van der Waals surface area contributed by atoms with Gasteiger partial charge in [0.25, 0.3) is 0 Å². The molecule has 6 aromatic rings. The molecular formula is C68H90O4P2. The summed E-state index contributed by atoms with van der Waals surface area (Å²) in [6, 6.07) is 34.8. The lowest BCUT2D eigenvalue weighted by atomic mass is 9.65. The fourth-order valence-corrected chi connectivity index (χ4v) is 12.7. The topological polar surface area (TPSA) is 69.9 Å². The van der Waals surface area contributed by atoms with Gasteiger partial charge in [0.05, 0.1) is 0 Å². The van der Waals surface area contributed by atoms with E-state index in [4.69, 9.17) is 4.31 Å². The van der Waals surface area contributed by atoms with Crippen LogP contribution in [0.25, 0.3) is 66.8 Å². The second kappa shape index (κ2) is 19.2. The van der Waals surface area contributed by atoms with Crippen molar-refractivity contribution in [1.82, 2.24) is 0 Å². The average molecular weight is 1030 g/mol. The second-order valence-electron chi connectivity index (χ2n) is 29.6. The molecule has 1 aliphatic rings. The van der Waals surface area contributed by atoms with E-state index in [1.54, 1.807) is 0 Å². The van der Waals surface area contributed by atoms with Gasteiger partial charge in [-0.25, -0.2) is 0 Å². The fraction of sp³-hybridized carbons (Fsp3) is 0.471. The molecule has 0 amide bonds. The highest BCUT2D eigenvalue weighted by Gasteiger charge is 2.43. The van der Waals surface area contributed by atoms with Crippen molar-refractivity contribution in [1.29, 1.82) is 0 Å². The predicted molar refractivity (Wildman–Crippen MR) is 323 cm³/mol. The molecule has 0 bridgehead atoms. The molecule has 6 aromatic carbocycles. The highest BCUT2D eigenvalue weighted by Crippen LogP contribution is 2.65. The third-order valence-electron chi connectivity index (χ3n) is 15.3. The van der Waals surface area contributed by atoms with E-state index in [0.717, 1.165) is 72.3 Å². The maximum absolute atomic E-state index is 13.2. The monoisotopic (exact) mass is 1030 g/mol. The molecule has 74 heavy (non-hydrogen) atoms. The average Bonchev–Trinajstić information content (AvgIpc) is 3.23. The molecule has 0 aliphatic heterocycles. The molecule has 0 radical (unpaired) electrons. The summed E-state index contributed by atoms with van der Waals surface area (Å²) in [4.78, 5) is 35.1. The van der Waals surface area contributed by atoms with Crippen molar-refractivity contribution in [2.75, 3.05) is 0 Å². The molecule has 1 unspecified atom stereocenters. The van der Waals surface area contributed by atoms with Gasteiger partial charge in [0.2, 0.25) is 8.38 Å². The summed E-state index contributed by atoms with van der Waals surface area (Å²) in [5.74, 6) is 0. The second-order valence-corrected chi connectivity index (χ2v) is 31.8. The van der Waals surface area contributed by atoms with Gasteiger partial charge >= 0.3 is 8.60 Å². The van der Waals surface area contributed by atoms with Crippen LogP contribution in [-0.2, 0) is 47.6 Å². The lowest BCUT2D eigenvalue weighted by Gasteiger charge is -2.40. The van der Waals surface area contributed by atoms with Gasteiger partial charge in [0.1, 0.15) is 0 Å². The van der Waals surface area contributed by atoms with Gasteiger partial charge in [-0.15, -0.1) is 0 Å². The Labute approximate surface area is 450 Å². The van der Waals surface area contributed by atoms with Crippen LogP contribution >= 0.6 is 17.0 Å². The first kappa shape index (κ1) is 57.7. The van der Waals surface area contributed by atoms with Crippen LogP contribution in [0, 0.1) is 0 Å². The molecule has 6 heteroatoms. The maximum Gasteiger partial charge on any atom is 0.332 e. The summed E-state index contributed by atoms with van der Waals surface area (Å²) in [5, 5.41) is 0.602. The molecular weight excluding hydrogens is 943 g/mol. The van der Waals surface area contributed by atoms with E-state index in [9.17, 15) is 14.7 Å². The Morgan fingerprint density at radius 2 is 0.568 bits per heavy atom. The van der Waals surface area contributed by atoms with E-state index in [2.05, 4.69) is 257 Å². The Kier molecular flexibility index (Phi) is 15.0. The van der Waals surface area contributed by atoms with Crippen molar-refractivity contribution in [2.45, 2.75) is 209 Å². The summed E-state index contributed by atoms with van der Waals surface area (Å²) >= 11 is 0. The van der Waals surface area contributed by atoms with Crippen LogP contribution in [0.3, 0.4) is 0 Å². The zero-order valence-electron chi connectivity index (χ0n) is 49.8. The van der Waals surface area contributed by atoms with Crippen LogP contribution in [0.15, 0.2) is 91.0 Å². The number of fused-ring (bicyclic) bond motifs is 4. The first-order chi connectivity index (χ1) is 33.5. The van der Waals surface area contributed by atoms with Crippen molar-refractivity contribution in [3.05, 3.63) is 136 Å². The van der Waals surface area contributed by atoms with E-state index >= 15 is 0 Å². The number of benzene rings is 6. The first-order valence-corrected chi connectivity index (χ1v) is 29.3.